The Hall–Kier alpha value is -1.63. The third-order valence-electron chi connectivity index (χ3n) is 8.27. The first kappa shape index (κ1) is 32.3. The lowest BCUT2D eigenvalue weighted by Crippen LogP contribution is -2.47. The van der Waals surface area contributed by atoms with Gasteiger partial charge in [0, 0.05) is 12.5 Å². The lowest BCUT2D eigenvalue weighted by molar-refractivity contribution is -0.220. The molecule has 0 N–H and O–H groups in total. The minimum Gasteiger partial charge on any atom is -0.414 e. The number of fused-ring (bicyclic) bond motifs is 1. The molecule has 0 aliphatic carbocycles. The highest BCUT2D eigenvalue weighted by atomic mass is 32.2. The van der Waals surface area contributed by atoms with E-state index in [2.05, 4.69) is 33.9 Å². The standard InChI is InChI=1S/C31H46O8SSi/c1-22-14-16-24(17-15-22)40(32,33)39-26(21-35-41(7,8)30(2,3)4)27-25(28-29(36-27)38-31(5,6)37-28)18-19-34-20-23-12-10-9-11-13-23/h9-17,25-29H,18-21H2,1-8H3/t25-,26-,27+,28-,29-/m1/s1. The summed E-state index contributed by atoms with van der Waals surface area (Å²) in [4.78, 5) is 0.0926. The maximum Gasteiger partial charge on any atom is 0.297 e. The van der Waals surface area contributed by atoms with E-state index in [1.165, 1.54) is 0 Å². The summed E-state index contributed by atoms with van der Waals surface area (Å²) in [6.45, 7) is 17.3. The van der Waals surface area contributed by atoms with E-state index in [0.717, 1.165) is 11.1 Å². The number of aryl methyl sites for hydroxylation is 1. The van der Waals surface area contributed by atoms with Gasteiger partial charge in [-0.3, -0.25) is 4.18 Å². The van der Waals surface area contributed by atoms with E-state index in [4.69, 9.17) is 27.6 Å². The zero-order valence-electron chi connectivity index (χ0n) is 25.6. The van der Waals surface area contributed by atoms with Crippen LogP contribution in [0.5, 0.6) is 0 Å². The van der Waals surface area contributed by atoms with Crippen LogP contribution in [0.1, 0.15) is 52.2 Å². The van der Waals surface area contributed by atoms with Crippen LogP contribution < -0.4 is 0 Å². The second-order valence-corrected chi connectivity index (χ2v) is 19.4. The predicted octanol–water partition coefficient (Wildman–Crippen LogP) is 6.19. The van der Waals surface area contributed by atoms with Crippen LogP contribution in [0, 0.1) is 12.8 Å². The van der Waals surface area contributed by atoms with Crippen LogP contribution in [0.4, 0.5) is 0 Å². The molecule has 0 radical (unpaired) electrons. The zero-order chi connectivity index (χ0) is 30.1. The predicted molar refractivity (Wildman–Crippen MR) is 159 cm³/mol. The third-order valence-corrected chi connectivity index (χ3v) is 14.1. The zero-order valence-corrected chi connectivity index (χ0v) is 27.4. The largest absolute Gasteiger partial charge is 0.414 e. The Labute approximate surface area is 246 Å². The molecule has 2 aromatic rings. The van der Waals surface area contributed by atoms with Gasteiger partial charge in [0.2, 0.25) is 0 Å². The van der Waals surface area contributed by atoms with Gasteiger partial charge in [-0.1, -0.05) is 68.8 Å². The molecule has 2 aliphatic rings. The maximum atomic E-state index is 13.5. The summed E-state index contributed by atoms with van der Waals surface area (Å²) < 4.78 is 64.2. The molecule has 228 valence electrons. The number of hydrogen-bond acceptors (Lipinski definition) is 8. The Morgan fingerprint density at radius 2 is 1.66 bits per heavy atom. The average Bonchev–Trinajstić information content (AvgIpc) is 3.36. The Balaban J connectivity index is 1.57. The monoisotopic (exact) mass is 606 g/mol. The van der Waals surface area contributed by atoms with Crippen molar-refractivity contribution in [2.24, 2.45) is 5.92 Å². The molecule has 5 atom stereocenters. The maximum absolute atomic E-state index is 13.5. The summed E-state index contributed by atoms with van der Waals surface area (Å²) in [5.41, 5.74) is 2.04. The van der Waals surface area contributed by atoms with E-state index in [0.29, 0.717) is 19.6 Å². The highest BCUT2D eigenvalue weighted by Crippen LogP contribution is 2.44. The first-order chi connectivity index (χ1) is 19.1. The van der Waals surface area contributed by atoms with Gasteiger partial charge in [0.05, 0.1) is 24.2 Å². The molecule has 2 aliphatic heterocycles. The molecule has 0 saturated carbocycles. The molecule has 0 unspecified atom stereocenters. The van der Waals surface area contributed by atoms with Crippen LogP contribution in [0.3, 0.4) is 0 Å². The summed E-state index contributed by atoms with van der Waals surface area (Å²) in [5, 5.41) is -0.0681. The van der Waals surface area contributed by atoms with E-state index >= 15 is 0 Å². The van der Waals surface area contributed by atoms with Crippen molar-refractivity contribution in [2.45, 2.75) is 108 Å². The summed E-state index contributed by atoms with van der Waals surface area (Å²) >= 11 is 0. The quantitative estimate of drug-likeness (QED) is 0.161. The van der Waals surface area contributed by atoms with Gasteiger partial charge in [-0.2, -0.15) is 8.42 Å². The van der Waals surface area contributed by atoms with Gasteiger partial charge >= 0.3 is 0 Å². The molecule has 41 heavy (non-hydrogen) atoms. The molecule has 8 nitrogen and oxygen atoms in total. The van der Waals surface area contributed by atoms with Crippen molar-refractivity contribution in [1.82, 2.24) is 0 Å². The van der Waals surface area contributed by atoms with Crippen molar-refractivity contribution in [3.05, 3.63) is 65.7 Å². The number of ether oxygens (including phenoxy) is 4. The van der Waals surface area contributed by atoms with Crippen molar-refractivity contribution in [3.8, 4) is 0 Å². The Kier molecular flexibility index (Phi) is 9.87. The topological polar surface area (TPSA) is 89.5 Å². The van der Waals surface area contributed by atoms with Crippen molar-refractivity contribution >= 4 is 18.4 Å². The first-order valence-corrected chi connectivity index (χ1v) is 18.7. The fourth-order valence-corrected chi connectivity index (χ4v) is 6.96. The van der Waals surface area contributed by atoms with Gasteiger partial charge in [-0.05, 0) is 63.0 Å². The molecule has 2 heterocycles. The van der Waals surface area contributed by atoms with Crippen LogP contribution in [-0.4, -0.2) is 60.3 Å². The van der Waals surface area contributed by atoms with E-state index in [9.17, 15) is 8.42 Å². The fourth-order valence-electron chi connectivity index (χ4n) is 4.88. The lowest BCUT2D eigenvalue weighted by atomic mass is 9.92. The fraction of sp³-hybridized carbons (Fsp3) is 0.613. The molecule has 0 bridgehead atoms. The smallest absolute Gasteiger partial charge is 0.297 e. The summed E-state index contributed by atoms with van der Waals surface area (Å²) in [6, 6.07) is 16.6. The van der Waals surface area contributed by atoms with Gasteiger partial charge < -0.3 is 23.4 Å². The summed E-state index contributed by atoms with van der Waals surface area (Å²) in [6.07, 6.45) is -2.02. The minimum atomic E-state index is -4.11. The molecular formula is C31H46O8SSi. The first-order valence-electron chi connectivity index (χ1n) is 14.3. The highest BCUT2D eigenvalue weighted by Gasteiger charge is 2.57. The number of benzene rings is 2. The SMILES string of the molecule is Cc1ccc(S(=O)(=O)O[C@H](CO[Si](C)(C)C(C)(C)C)[C@H]2O[C@@H]3OC(C)(C)O[C@@H]3[C@@H]2CCOCc2ccccc2)cc1. The molecule has 10 heteroatoms. The second kappa shape index (κ2) is 12.5. The summed E-state index contributed by atoms with van der Waals surface area (Å²) in [5.74, 6) is -1.05. The molecule has 0 spiro atoms. The highest BCUT2D eigenvalue weighted by molar-refractivity contribution is 7.86. The van der Waals surface area contributed by atoms with Crippen LogP contribution in [0.15, 0.2) is 59.5 Å². The van der Waals surface area contributed by atoms with Crippen molar-refractivity contribution in [1.29, 1.82) is 0 Å². The molecule has 2 fully saturated rings. The number of rotatable bonds is 12. The molecule has 2 saturated heterocycles. The van der Waals surface area contributed by atoms with Crippen LogP contribution in [0.25, 0.3) is 0 Å². The summed E-state index contributed by atoms with van der Waals surface area (Å²) in [7, 11) is -6.35. The Morgan fingerprint density at radius 1 is 1.00 bits per heavy atom. The molecule has 4 rings (SSSR count). The normalized spacial score (nSPS) is 25.3. The van der Waals surface area contributed by atoms with Crippen LogP contribution in [0.2, 0.25) is 18.1 Å². The van der Waals surface area contributed by atoms with Gasteiger partial charge in [0.1, 0.15) is 12.2 Å². The van der Waals surface area contributed by atoms with E-state index in [-0.39, 0.29) is 22.5 Å². The second-order valence-electron chi connectivity index (χ2n) is 13.0. The molecular weight excluding hydrogens is 560 g/mol. The van der Waals surface area contributed by atoms with E-state index in [1.807, 2.05) is 51.1 Å². The van der Waals surface area contributed by atoms with E-state index < -0.39 is 48.8 Å². The van der Waals surface area contributed by atoms with Gasteiger partial charge in [0.25, 0.3) is 10.1 Å². The van der Waals surface area contributed by atoms with Gasteiger partial charge in [0.15, 0.2) is 20.4 Å². The third kappa shape index (κ3) is 8.06. The van der Waals surface area contributed by atoms with Crippen molar-refractivity contribution < 1.29 is 36.0 Å². The van der Waals surface area contributed by atoms with Gasteiger partial charge in [-0.25, -0.2) is 0 Å². The Bertz CT molecular complexity index is 1240. The van der Waals surface area contributed by atoms with Gasteiger partial charge in [-0.15, -0.1) is 0 Å². The van der Waals surface area contributed by atoms with Crippen molar-refractivity contribution in [3.63, 3.8) is 0 Å². The van der Waals surface area contributed by atoms with Crippen LogP contribution >= 0.6 is 0 Å². The van der Waals surface area contributed by atoms with E-state index in [1.54, 1.807) is 24.3 Å². The molecule has 0 amide bonds. The Morgan fingerprint density at radius 3 is 2.29 bits per heavy atom. The minimum absolute atomic E-state index is 0.0659. The number of hydrogen-bond donors (Lipinski definition) is 0. The molecule has 2 aromatic carbocycles. The lowest BCUT2D eigenvalue weighted by Gasteiger charge is -2.38. The van der Waals surface area contributed by atoms with Crippen molar-refractivity contribution in [2.75, 3.05) is 13.2 Å². The van der Waals surface area contributed by atoms with Crippen LogP contribution in [-0.2, 0) is 44.3 Å². The molecule has 0 aromatic heterocycles. The average molecular weight is 607 g/mol.